The van der Waals surface area contributed by atoms with Crippen LogP contribution in [-0.2, 0) is 11.2 Å². The van der Waals surface area contributed by atoms with Crippen molar-refractivity contribution in [3.05, 3.63) is 19.4 Å². The average molecular weight is 379 g/mol. The Morgan fingerprint density at radius 1 is 1.61 bits per heavy atom. The highest BCUT2D eigenvalue weighted by molar-refractivity contribution is 14.1. The molecule has 0 saturated carbocycles. The van der Waals surface area contributed by atoms with Crippen LogP contribution in [0.15, 0.2) is 6.07 Å². The van der Waals surface area contributed by atoms with Gasteiger partial charge in [0, 0.05) is 24.1 Å². The van der Waals surface area contributed by atoms with Crippen LogP contribution in [0.3, 0.4) is 0 Å². The monoisotopic (exact) mass is 379 g/mol. The molecule has 0 saturated heterocycles. The van der Waals surface area contributed by atoms with Gasteiger partial charge >= 0.3 is 0 Å². The first-order chi connectivity index (χ1) is 8.74. The summed E-state index contributed by atoms with van der Waals surface area (Å²) in [5.41, 5.74) is 1.55. The molecule has 0 radical (unpaired) electrons. The highest BCUT2D eigenvalue weighted by atomic mass is 127. The largest absolute Gasteiger partial charge is 0.383 e. The predicted octanol–water partition coefficient (Wildman–Crippen LogP) is 4.13. The van der Waals surface area contributed by atoms with Gasteiger partial charge in [-0.05, 0) is 59.9 Å². The van der Waals surface area contributed by atoms with Gasteiger partial charge in [0.05, 0.1) is 9.49 Å². The average Bonchev–Trinajstić information content (AvgIpc) is 2.71. The minimum absolute atomic E-state index is 0.494. The fourth-order valence-electron chi connectivity index (χ4n) is 2.74. The summed E-state index contributed by atoms with van der Waals surface area (Å²) in [5.74, 6) is 0. The molecule has 18 heavy (non-hydrogen) atoms. The number of rotatable bonds is 6. The Hall–Kier alpha value is 0.350. The number of fused-ring (bicyclic) bond motifs is 1. The predicted molar refractivity (Wildman–Crippen MR) is 86.4 cm³/mol. The lowest BCUT2D eigenvalue weighted by molar-refractivity contribution is 0.154. The third-order valence-corrected chi connectivity index (χ3v) is 5.50. The van der Waals surface area contributed by atoms with E-state index < -0.39 is 0 Å². The summed E-state index contributed by atoms with van der Waals surface area (Å²) in [6.45, 7) is 3.06. The zero-order valence-corrected chi connectivity index (χ0v) is 14.1. The Morgan fingerprint density at radius 3 is 3.17 bits per heavy atom. The van der Waals surface area contributed by atoms with E-state index >= 15 is 0 Å². The lowest BCUT2D eigenvalue weighted by Crippen LogP contribution is -2.37. The molecule has 0 spiro atoms. The first-order valence-electron chi connectivity index (χ1n) is 6.77. The Labute approximate surface area is 128 Å². The van der Waals surface area contributed by atoms with Crippen LogP contribution in [0, 0.1) is 2.88 Å². The molecule has 0 aromatic carbocycles. The second-order valence-electron chi connectivity index (χ2n) is 4.98. The van der Waals surface area contributed by atoms with Crippen LogP contribution in [0.2, 0.25) is 0 Å². The molecule has 0 aliphatic heterocycles. The van der Waals surface area contributed by atoms with Gasteiger partial charge in [0.2, 0.25) is 0 Å². The van der Waals surface area contributed by atoms with E-state index in [1.54, 1.807) is 17.6 Å². The topological polar surface area (TPSA) is 21.3 Å². The third kappa shape index (κ3) is 3.68. The van der Waals surface area contributed by atoms with Gasteiger partial charge in [-0.25, -0.2) is 0 Å². The molecule has 1 N–H and O–H groups in total. The summed E-state index contributed by atoms with van der Waals surface area (Å²) in [4.78, 5) is 1.59. The van der Waals surface area contributed by atoms with E-state index in [9.17, 15) is 0 Å². The molecule has 2 nitrogen and oxygen atoms in total. The van der Waals surface area contributed by atoms with E-state index in [-0.39, 0.29) is 0 Å². The van der Waals surface area contributed by atoms with Crippen LogP contribution in [0.5, 0.6) is 0 Å². The van der Waals surface area contributed by atoms with Crippen molar-refractivity contribution in [2.24, 2.45) is 0 Å². The number of hydrogen-bond donors (Lipinski definition) is 1. The van der Waals surface area contributed by atoms with Crippen molar-refractivity contribution in [2.75, 3.05) is 13.7 Å². The maximum atomic E-state index is 5.33. The summed E-state index contributed by atoms with van der Waals surface area (Å²) in [5, 5.41) is 3.81. The fourth-order valence-corrected chi connectivity index (χ4v) is 4.86. The van der Waals surface area contributed by atoms with Crippen LogP contribution in [0.4, 0.5) is 0 Å². The Morgan fingerprint density at radius 2 is 2.44 bits per heavy atom. The van der Waals surface area contributed by atoms with E-state index in [0.29, 0.717) is 12.1 Å². The van der Waals surface area contributed by atoms with Crippen molar-refractivity contribution < 1.29 is 4.74 Å². The minimum Gasteiger partial charge on any atom is -0.383 e. The van der Waals surface area contributed by atoms with E-state index in [0.717, 1.165) is 6.61 Å². The van der Waals surface area contributed by atoms with Gasteiger partial charge in [-0.1, -0.05) is 13.3 Å². The molecule has 2 rings (SSSR count). The molecule has 1 heterocycles. The molecule has 1 aliphatic rings. The second kappa shape index (κ2) is 7.22. The Bertz CT molecular complexity index is 374. The summed E-state index contributed by atoms with van der Waals surface area (Å²) < 4.78 is 6.75. The number of halogens is 1. The summed E-state index contributed by atoms with van der Waals surface area (Å²) in [6.07, 6.45) is 6.25. The van der Waals surface area contributed by atoms with Gasteiger partial charge in [0.25, 0.3) is 0 Å². The van der Waals surface area contributed by atoms with Gasteiger partial charge < -0.3 is 10.1 Å². The zero-order chi connectivity index (χ0) is 13.0. The summed E-state index contributed by atoms with van der Waals surface area (Å²) >= 11 is 4.41. The molecule has 1 aliphatic carbocycles. The molecule has 1 aromatic rings. The number of hydrogen-bond acceptors (Lipinski definition) is 3. The van der Waals surface area contributed by atoms with Crippen molar-refractivity contribution in [1.29, 1.82) is 0 Å². The maximum absolute atomic E-state index is 5.33. The highest BCUT2D eigenvalue weighted by Gasteiger charge is 2.24. The van der Waals surface area contributed by atoms with E-state index in [2.05, 4.69) is 40.9 Å². The van der Waals surface area contributed by atoms with Crippen LogP contribution >= 0.6 is 33.9 Å². The number of aryl methyl sites for hydroxylation is 1. The van der Waals surface area contributed by atoms with Crippen molar-refractivity contribution in [3.8, 4) is 0 Å². The summed E-state index contributed by atoms with van der Waals surface area (Å²) in [6, 6.07) is 3.40. The molecule has 0 amide bonds. The smallest absolute Gasteiger partial charge is 0.0659 e. The number of methoxy groups -OCH3 is 1. The van der Waals surface area contributed by atoms with Crippen LogP contribution in [0.25, 0.3) is 0 Å². The molecule has 2 unspecified atom stereocenters. The minimum atomic E-state index is 0.494. The quantitative estimate of drug-likeness (QED) is 0.751. The number of nitrogens with one attached hydrogen (secondary N) is 1. The molecule has 4 heteroatoms. The zero-order valence-electron chi connectivity index (χ0n) is 11.2. The van der Waals surface area contributed by atoms with Gasteiger partial charge in [0.15, 0.2) is 0 Å². The molecule has 1 aromatic heterocycles. The molecular formula is C14H22INOS. The SMILES string of the molecule is CCCC(COC)NC1CCCc2sc(I)cc21. The third-order valence-electron chi connectivity index (χ3n) is 3.53. The van der Waals surface area contributed by atoms with Crippen molar-refractivity contribution in [3.63, 3.8) is 0 Å². The van der Waals surface area contributed by atoms with E-state index in [1.165, 1.54) is 35.0 Å². The van der Waals surface area contributed by atoms with Crippen molar-refractivity contribution in [2.45, 2.75) is 51.1 Å². The maximum Gasteiger partial charge on any atom is 0.0659 e. The molecular weight excluding hydrogens is 357 g/mol. The van der Waals surface area contributed by atoms with E-state index in [1.807, 2.05) is 11.3 Å². The normalized spacial score (nSPS) is 20.7. The van der Waals surface area contributed by atoms with Gasteiger partial charge in [-0.2, -0.15) is 0 Å². The van der Waals surface area contributed by atoms with Gasteiger partial charge in [-0.3, -0.25) is 0 Å². The fraction of sp³-hybridized carbons (Fsp3) is 0.714. The van der Waals surface area contributed by atoms with Crippen molar-refractivity contribution >= 4 is 33.9 Å². The number of thiophene rings is 1. The Balaban J connectivity index is 2.04. The standard InChI is InChI=1S/C14H22INOS/c1-3-5-10(9-17-2)16-12-6-4-7-13-11(12)8-14(15)18-13/h8,10,12,16H,3-7,9H2,1-2H3. The molecule has 0 fully saturated rings. The lowest BCUT2D eigenvalue weighted by atomic mass is 9.93. The second-order valence-corrected chi connectivity index (χ2v) is 8.01. The number of ether oxygens (including phenoxy) is 1. The van der Waals surface area contributed by atoms with Gasteiger partial charge in [0.1, 0.15) is 0 Å². The lowest BCUT2D eigenvalue weighted by Gasteiger charge is -2.28. The van der Waals surface area contributed by atoms with E-state index in [4.69, 9.17) is 4.74 Å². The van der Waals surface area contributed by atoms with Crippen LogP contribution < -0.4 is 5.32 Å². The van der Waals surface area contributed by atoms with Crippen molar-refractivity contribution in [1.82, 2.24) is 5.32 Å². The highest BCUT2D eigenvalue weighted by Crippen LogP contribution is 2.36. The first kappa shape index (κ1) is 14.8. The molecule has 0 bridgehead atoms. The first-order valence-corrected chi connectivity index (χ1v) is 8.67. The Kier molecular flexibility index (Phi) is 5.92. The van der Waals surface area contributed by atoms with Gasteiger partial charge in [-0.15, -0.1) is 11.3 Å². The van der Waals surface area contributed by atoms with Crippen LogP contribution in [0.1, 0.15) is 49.1 Å². The van der Waals surface area contributed by atoms with Crippen LogP contribution in [-0.4, -0.2) is 19.8 Å². The summed E-state index contributed by atoms with van der Waals surface area (Å²) in [7, 11) is 1.80. The molecule has 102 valence electrons. The molecule has 2 atom stereocenters.